The van der Waals surface area contributed by atoms with Gasteiger partial charge in [0.25, 0.3) is 5.69 Å². The van der Waals surface area contributed by atoms with Crippen molar-refractivity contribution in [2.75, 3.05) is 0 Å². The van der Waals surface area contributed by atoms with E-state index in [1.54, 1.807) is 13.0 Å². The monoisotopic (exact) mass is 313 g/mol. The second-order valence-corrected chi connectivity index (χ2v) is 5.27. The van der Waals surface area contributed by atoms with Crippen LogP contribution in [-0.4, -0.2) is 16.0 Å². The number of hydrogen-bond acceptors (Lipinski definition) is 5. The van der Waals surface area contributed by atoms with E-state index in [9.17, 15) is 20.0 Å². The number of hydrogen-bond donors (Lipinski definition) is 1. The Balaban J connectivity index is 2.54. The van der Waals surface area contributed by atoms with E-state index in [0.29, 0.717) is 10.7 Å². The highest BCUT2D eigenvalue weighted by Gasteiger charge is 2.21. The number of furan rings is 1. The molecular formula is C12H8ClNO5S. The maximum atomic E-state index is 11.2. The van der Waals surface area contributed by atoms with Crippen LogP contribution in [0, 0.1) is 17.0 Å². The van der Waals surface area contributed by atoms with Crippen LogP contribution >= 0.6 is 23.4 Å². The van der Waals surface area contributed by atoms with E-state index < -0.39 is 10.9 Å². The third-order valence-electron chi connectivity index (χ3n) is 2.49. The second kappa shape index (κ2) is 5.56. The molecule has 0 radical (unpaired) electrons. The van der Waals surface area contributed by atoms with Crippen molar-refractivity contribution in [3.8, 4) is 0 Å². The Morgan fingerprint density at radius 2 is 2.20 bits per heavy atom. The van der Waals surface area contributed by atoms with Gasteiger partial charge >= 0.3 is 5.97 Å². The molecule has 0 saturated carbocycles. The first-order valence-corrected chi connectivity index (χ1v) is 6.52. The summed E-state index contributed by atoms with van der Waals surface area (Å²) in [5, 5.41) is 19.9. The largest absolute Gasteiger partial charge is 0.478 e. The maximum absolute atomic E-state index is 11.2. The van der Waals surface area contributed by atoms with Crippen LogP contribution in [0.4, 0.5) is 5.69 Å². The molecule has 1 aromatic heterocycles. The minimum Gasteiger partial charge on any atom is -0.478 e. The SMILES string of the molecule is Cc1occc1Sc1c(Cl)cc([N+](=O)[O-])cc1C(=O)O. The van der Waals surface area contributed by atoms with Crippen LogP contribution in [0.3, 0.4) is 0 Å². The van der Waals surface area contributed by atoms with Crippen molar-refractivity contribution in [2.45, 2.75) is 16.7 Å². The van der Waals surface area contributed by atoms with E-state index in [1.807, 2.05) is 0 Å². The highest BCUT2D eigenvalue weighted by molar-refractivity contribution is 7.99. The molecular weight excluding hydrogens is 306 g/mol. The fourth-order valence-electron chi connectivity index (χ4n) is 1.54. The lowest BCUT2D eigenvalue weighted by molar-refractivity contribution is -0.384. The molecule has 104 valence electrons. The van der Waals surface area contributed by atoms with Crippen molar-refractivity contribution in [2.24, 2.45) is 0 Å². The van der Waals surface area contributed by atoms with E-state index >= 15 is 0 Å². The number of aryl methyl sites for hydroxylation is 1. The van der Waals surface area contributed by atoms with Crippen LogP contribution in [0.1, 0.15) is 16.1 Å². The quantitative estimate of drug-likeness (QED) is 0.677. The molecule has 0 unspecified atom stereocenters. The third kappa shape index (κ3) is 2.78. The first-order chi connectivity index (χ1) is 9.40. The van der Waals surface area contributed by atoms with Gasteiger partial charge in [0.15, 0.2) is 0 Å². The van der Waals surface area contributed by atoms with E-state index in [1.165, 1.54) is 6.26 Å². The number of rotatable bonds is 4. The molecule has 6 nitrogen and oxygen atoms in total. The zero-order valence-electron chi connectivity index (χ0n) is 10.1. The summed E-state index contributed by atoms with van der Waals surface area (Å²) < 4.78 is 5.12. The van der Waals surface area contributed by atoms with Gasteiger partial charge in [0.05, 0.1) is 26.7 Å². The van der Waals surface area contributed by atoms with Crippen LogP contribution in [0.25, 0.3) is 0 Å². The smallest absolute Gasteiger partial charge is 0.337 e. The molecule has 0 atom stereocenters. The summed E-state index contributed by atoms with van der Waals surface area (Å²) >= 11 is 7.07. The lowest BCUT2D eigenvalue weighted by Crippen LogP contribution is -2.01. The fourth-order valence-corrected chi connectivity index (χ4v) is 2.81. The summed E-state index contributed by atoms with van der Waals surface area (Å²) in [7, 11) is 0. The Kier molecular flexibility index (Phi) is 4.01. The Morgan fingerprint density at radius 1 is 1.50 bits per heavy atom. The molecule has 1 aromatic carbocycles. The van der Waals surface area contributed by atoms with Crippen LogP contribution < -0.4 is 0 Å². The third-order valence-corrected chi connectivity index (χ3v) is 4.19. The molecule has 8 heteroatoms. The number of benzene rings is 1. The molecule has 1 N–H and O–H groups in total. The predicted octanol–water partition coefficient (Wildman–Crippen LogP) is 4.00. The second-order valence-electron chi connectivity index (χ2n) is 3.81. The number of carboxylic acids is 1. The normalized spacial score (nSPS) is 10.5. The number of aromatic carboxylic acids is 1. The standard InChI is InChI=1S/C12H8ClNO5S/c1-6-10(2-3-19-6)20-11-8(12(15)16)4-7(14(17)18)5-9(11)13/h2-5H,1H3,(H,15,16). The fraction of sp³-hybridized carbons (Fsp3) is 0.0833. The van der Waals surface area contributed by atoms with Gasteiger partial charge in [-0.05, 0) is 13.0 Å². The summed E-state index contributed by atoms with van der Waals surface area (Å²) in [6.45, 7) is 1.72. The molecule has 0 bridgehead atoms. The zero-order chi connectivity index (χ0) is 14.9. The molecule has 0 aliphatic rings. The van der Waals surface area contributed by atoms with Gasteiger partial charge in [-0.25, -0.2) is 4.79 Å². The maximum Gasteiger partial charge on any atom is 0.337 e. The van der Waals surface area contributed by atoms with Crippen molar-refractivity contribution in [1.29, 1.82) is 0 Å². The van der Waals surface area contributed by atoms with Crippen LogP contribution in [0.2, 0.25) is 5.02 Å². The summed E-state index contributed by atoms with van der Waals surface area (Å²) in [6, 6.07) is 3.79. The van der Waals surface area contributed by atoms with E-state index in [2.05, 4.69) is 0 Å². The minimum atomic E-state index is -1.28. The highest BCUT2D eigenvalue weighted by atomic mass is 35.5. The summed E-state index contributed by atoms with van der Waals surface area (Å²) in [5.41, 5.74) is -0.574. The van der Waals surface area contributed by atoms with Gasteiger partial charge in [0.2, 0.25) is 0 Å². The van der Waals surface area contributed by atoms with Gasteiger partial charge in [-0.3, -0.25) is 10.1 Å². The van der Waals surface area contributed by atoms with E-state index in [0.717, 1.165) is 23.9 Å². The van der Waals surface area contributed by atoms with Gasteiger partial charge < -0.3 is 9.52 Å². The van der Waals surface area contributed by atoms with Gasteiger partial charge in [-0.15, -0.1) is 0 Å². The first kappa shape index (κ1) is 14.4. The number of nitro groups is 1. The van der Waals surface area contributed by atoms with Crippen molar-refractivity contribution in [1.82, 2.24) is 0 Å². The van der Waals surface area contributed by atoms with Crippen LogP contribution in [0.5, 0.6) is 0 Å². The molecule has 20 heavy (non-hydrogen) atoms. The Labute approximate surface area is 122 Å². The summed E-state index contributed by atoms with van der Waals surface area (Å²) in [4.78, 5) is 22.2. The summed E-state index contributed by atoms with van der Waals surface area (Å²) in [5.74, 6) is -0.667. The average Bonchev–Trinajstić information content (AvgIpc) is 2.76. The molecule has 0 aliphatic heterocycles. The molecule has 0 saturated heterocycles. The average molecular weight is 314 g/mol. The Bertz CT molecular complexity index is 697. The van der Waals surface area contributed by atoms with E-state index in [-0.39, 0.29) is 21.2 Å². The Morgan fingerprint density at radius 3 is 2.70 bits per heavy atom. The van der Waals surface area contributed by atoms with Gasteiger partial charge in [-0.2, -0.15) is 0 Å². The first-order valence-electron chi connectivity index (χ1n) is 5.33. The van der Waals surface area contributed by atoms with Gasteiger partial charge in [-0.1, -0.05) is 23.4 Å². The molecule has 2 rings (SSSR count). The lowest BCUT2D eigenvalue weighted by Gasteiger charge is -2.07. The van der Waals surface area contributed by atoms with Crippen molar-refractivity contribution >= 4 is 35.0 Å². The van der Waals surface area contributed by atoms with Crippen LogP contribution in [-0.2, 0) is 0 Å². The number of halogens is 1. The molecule has 0 aliphatic carbocycles. The number of carboxylic acid groups (broad SMARTS) is 1. The zero-order valence-corrected chi connectivity index (χ0v) is 11.7. The minimum absolute atomic E-state index is 0.0159. The van der Waals surface area contributed by atoms with Gasteiger partial charge in [0, 0.05) is 17.0 Å². The number of nitrogens with zero attached hydrogens (tertiary/aromatic N) is 1. The lowest BCUT2D eigenvalue weighted by atomic mass is 10.2. The Hall–Kier alpha value is -1.99. The van der Waals surface area contributed by atoms with Gasteiger partial charge in [0.1, 0.15) is 5.76 Å². The number of nitro benzene ring substituents is 1. The molecule has 1 heterocycles. The van der Waals surface area contributed by atoms with Crippen LogP contribution in [0.15, 0.2) is 38.7 Å². The number of non-ortho nitro benzene ring substituents is 1. The van der Waals surface area contributed by atoms with Crippen molar-refractivity contribution < 1.29 is 19.2 Å². The molecule has 0 fully saturated rings. The molecule has 2 aromatic rings. The molecule has 0 spiro atoms. The predicted molar refractivity (Wildman–Crippen MR) is 72.6 cm³/mol. The van der Waals surface area contributed by atoms with E-state index in [4.69, 9.17) is 16.0 Å². The summed E-state index contributed by atoms with van der Waals surface area (Å²) in [6.07, 6.45) is 1.47. The molecule has 0 amide bonds. The highest BCUT2D eigenvalue weighted by Crippen LogP contribution is 2.40. The van der Waals surface area contributed by atoms with Crippen molar-refractivity contribution in [3.05, 3.63) is 50.9 Å². The topological polar surface area (TPSA) is 93.6 Å². The number of carbonyl (C=O) groups is 1. The van der Waals surface area contributed by atoms with Crippen molar-refractivity contribution in [3.63, 3.8) is 0 Å².